The minimum Gasteiger partial charge on any atom is -0.445 e. The summed E-state index contributed by atoms with van der Waals surface area (Å²) in [7, 11) is 0. The van der Waals surface area contributed by atoms with Crippen molar-refractivity contribution in [3.63, 3.8) is 0 Å². The van der Waals surface area contributed by atoms with Crippen LogP contribution in [0.25, 0.3) is 0 Å². The van der Waals surface area contributed by atoms with Crippen molar-refractivity contribution >= 4 is 23.6 Å². The standard InChI is InChI=1S/C37H41N3O9/c41-23-25-6-8-27(9-7-25)32-20-30(22-39-16-14-37(15-17-39)46-18-19-47-37)48-35(49-32)28-10-12-29(13-11-28)40-33(42)21-31(34(40)43)38-36(44)45-24-26-4-2-1-3-5-26/h1-13,30-32,35,41H,14-24H2,(H,38,44)/t30-,31?,32+,35+/m0/s1. The highest BCUT2D eigenvalue weighted by molar-refractivity contribution is 6.22. The number of hydrogen-bond donors (Lipinski definition) is 2. The van der Waals surface area contributed by atoms with E-state index < -0.39 is 36.0 Å². The quantitative estimate of drug-likeness (QED) is 0.320. The molecule has 3 aromatic rings. The Morgan fingerprint density at radius 3 is 2.27 bits per heavy atom. The number of piperidine rings is 1. The van der Waals surface area contributed by atoms with Crippen molar-refractivity contribution in [1.82, 2.24) is 10.2 Å². The molecule has 1 unspecified atom stereocenters. The number of aliphatic hydroxyl groups is 1. The number of nitrogens with zero attached hydrogens (tertiary/aromatic N) is 2. The van der Waals surface area contributed by atoms with Crippen molar-refractivity contribution in [3.8, 4) is 0 Å². The first-order valence-electron chi connectivity index (χ1n) is 16.8. The van der Waals surface area contributed by atoms with Crippen LogP contribution in [0, 0.1) is 0 Å². The maximum atomic E-state index is 13.2. The number of anilines is 1. The van der Waals surface area contributed by atoms with Crippen LogP contribution in [0.4, 0.5) is 10.5 Å². The zero-order valence-corrected chi connectivity index (χ0v) is 27.2. The van der Waals surface area contributed by atoms with Crippen molar-refractivity contribution in [2.75, 3.05) is 37.7 Å². The van der Waals surface area contributed by atoms with Crippen LogP contribution in [0.15, 0.2) is 78.9 Å². The molecule has 12 nitrogen and oxygen atoms in total. The molecular weight excluding hydrogens is 630 g/mol. The van der Waals surface area contributed by atoms with E-state index in [1.165, 1.54) is 0 Å². The zero-order valence-electron chi connectivity index (χ0n) is 27.2. The van der Waals surface area contributed by atoms with E-state index in [9.17, 15) is 19.5 Å². The van der Waals surface area contributed by atoms with Gasteiger partial charge in [-0.3, -0.25) is 9.59 Å². The predicted molar refractivity (Wildman–Crippen MR) is 176 cm³/mol. The summed E-state index contributed by atoms with van der Waals surface area (Å²) in [4.78, 5) is 42.0. The molecule has 4 aliphatic rings. The summed E-state index contributed by atoms with van der Waals surface area (Å²) in [5.41, 5.74) is 3.76. The SMILES string of the molecule is O=C(NC1CC(=O)N(c2ccc([C@@H]3O[C@H](CN4CCC5(CC4)OCCO5)C[C@H](c4ccc(CO)cc4)O3)cc2)C1=O)OCc1ccccc1. The Balaban J connectivity index is 1.01. The van der Waals surface area contributed by atoms with Crippen LogP contribution in [0.3, 0.4) is 0 Å². The summed E-state index contributed by atoms with van der Waals surface area (Å²) in [6.45, 7) is 3.70. The van der Waals surface area contributed by atoms with Crippen LogP contribution in [0.1, 0.15) is 60.3 Å². The lowest BCUT2D eigenvalue weighted by molar-refractivity contribution is -0.255. The Kier molecular flexibility index (Phi) is 10.0. The van der Waals surface area contributed by atoms with Crippen LogP contribution in [-0.4, -0.2) is 78.7 Å². The van der Waals surface area contributed by atoms with E-state index >= 15 is 0 Å². The van der Waals surface area contributed by atoms with E-state index in [0.29, 0.717) is 25.3 Å². The van der Waals surface area contributed by atoms with Gasteiger partial charge >= 0.3 is 6.09 Å². The molecule has 1 spiro atoms. The van der Waals surface area contributed by atoms with Gasteiger partial charge in [0.25, 0.3) is 5.91 Å². The van der Waals surface area contributed by atoms with Crippen LogP contribution in [-0.2, 0) is 46.5 Å². The van der Waals surface area contributed by atoms with Gasteiger partial charge in [0.15, 0.2) is 12.1 Å². The molecule has 12 heteroatoms. The van der Waals surface area contributed by atoms with Crippen LogP contribution >= 0.6 is 0 Å². The van der Waals surface area contributed by atoms with Gasteiger partial charge in [0, 0.05) is 44.5 Å². The smallest absolute Gasteiger partial charge is 0.408 e. The number of carbonyl (C=O) groups is 3. The number of alkyl carbamates (subject to hydrolysis) is 1. The van der Waals surface area contributed by atoms with Gasteiger partial charge in [-0.25, -0.2) is 9.69 Å². The molecular formula is C37H41N3O9. The lowest BCUT2D eigenvalue weighted by Crippen LogP contribution is -2.48. The number of aliphatic hydroxyl groups excluding tert-OH is 1. The Hall–Kier alpha value is -4.17. The molecule has 0 aliphatic carbocycles. The minimum absolute atomic E-state index is 0.0342. The van der Waals surface area contributed by atoms with Gasteiger partial charge in [-0.15, -0.1) is 0 Å². The van der Waals surface area contributed by atoms with E-state index in [-0.39, 0.29) is 31.8 Å². The van der Waals surface area contributed by atoms with Crippen LogP contribution in [0.5, 0.6) is 0 Å². The first-order chi connectivity index (χ1) is 23.9. The van der Waals surface area contributed by atoms with Crippen molar-refractivity contribution < 1.29 is 43.2 Å². The third kappa shape index (κ3) is 7.70. The summed E-state index contributed by atoms with van der Waals surface area (Å²) in [5.74, 6) is -1.39. The third-order valence-corrected chi connectivity index (χ3v) is 9.58. The van der Waals surface area contributed by atoms with Gasteiger partial charge < -0.3 is 39.0 Å². The third-order valence-electron chi connectivity index (χ3n) is 9.58. The number of benzene rings is 3. The van der Waals surface area contributed by atoms with E-state index in [1.807, 2.05) is 54.6 Å². The average molecular weight is 672 g/mol. The Labute approximate surface area is 284 Å². The average Bonchev–Trinajstić information content (AvgIpc) is 3.71. The molecule has 4 atom stereocenters. The van der Waals surface area contributed by atoms with Gasteiger partial charge in [-0.1, -0.05) is 66.7 Å². The first kappa shape index (κ1) is 33.3. The molecule has 258 valence electrons. The number of amides is 3. The molecule has 2 N–H and O–H groups in total. The van der Waals surface area contributed by atoms with E-state index in [2.05, 4.69) is 10.2 Å². The fourth-order valence-electron chi connectivity index (χ4n) is 6.89. The van der Waals surface area contributed by atoms with Gasteiger partial charge in [0.1, 0.15) is 12.6 Å². The summed E-state index contributed by atoms with van der Waals surface area (Å²) in [6, 6.07) is 22.9. The molecule has 4 fully saturated rings. The maximum Gasteiger partial charge on any atom is 0.408 e. The number of hydrogen-bond acceptors (Lipinski definition) is 10. The highest BCUT2D eigenvalue weighted by atomic mass is 16.7. The van der Waals surface area contributed by atoms with E-state index in [0.717, 1.165) is 59.6 Å². The Morgan fingerprint density at radius 1 is 0.878 bits per heavy atom. The van der Waals surface area contributed by atoms with Crippen LogP contribution < -0.4 is 10.2 Å². The van der Waals surface area contributed by atoms with Crippen molar-refractivity contribution in [3.05, 3.63) is 101 Å². The summed E-state index contributed by atoms with van der Waals surface area (Å²) in [5, 5.41) is 12.1. The molecule has 0 radical (unpaired) electrons. The molecule has 4 saturated heterocycles. The number of likely N-dealkylation sites (tertiary alicyclic amines) is 1. The topological polar surface area (TPSA) is 136 Å². The van der Waals surface area contributed by atoms with Gasteiger partial charge in [-0.2, -0.15) is 0 Å². The molecule has 0 aromatic heterocycles. The minimum atomic E-state index is -1.02. The highest BCUT2D eigenvalue weighted by Gasteiger charge is 2.42. The summed E-state index contributed by atoms with van der Waals surface area (Å²) >= 11 is 0. The molecule has 49 heavy (non-hydrogen) atoms. The zero-order chi connectivity index (χ0) is 33.8. The number of carbonyl (C=O) groups excluding carboxylic acids is 3. The lowest BCUT2D eigenvalue weighted by atomic mass is 9.98. The second-order valence-corrected chi connectivity index (χ2v) is 12.9. The summed E-state index contributed by atoms with van der Waals surface area (Å²) < 4.78 is 30.1. The molecule has 0 bridgehead atoms. The fraction of sp³-hybridized carbons (Fsp3) is 0.432. The fourth-order valence-corrected chi connectivity index (χ4v) is 6.89. The van der Waals surface area contributed by atoms with Gasteiger partial charge in [-0.05, 0) is 28.8 Å². The second kappa shape index (κ2) is 14.8. The molecule has 0 saturated carbocycles. The van der Waals surface area contributed by atoms with E-state index in [4.69, 9.17) is 23.7 Å². The van der Waals surface area contributed by atoms with Crippen LogP contribution in [0.2, 0.25) is 0 Å². The lowest BCUT2D eigenvalue weighted by Gasteiger charge is -2.41. The van der Waals surface area contributed by atoms with Crippen molar-refractivity contribution in [2.24, 2.45) is 0 Å². The number of rotatable bonds is 9. The van der Waals surface area contributed by atoms with E-state index in [1.54, 1.807) is 24.3 Å². The second-order valence-electron chi connectivity index (χ2n) is 12.9. The normalized spacial score (nSPS) is 25.5. The van der Waals surface area contributed by atoms with Crippen molar-refractivity contribution in [2.45, 2.75) is 69.2 Å². The van der Waals surface area contributed by atoms with Crippen molar-refractivity contribution in [1.29, 1.82) is 0 Å². The predicted octanol–water partition coefficient (Wildman–Crippen LogP) is 4.12. The monoisotopic (exact) mass is 671 g/mol. The maximum absolute atomic E-state index is 13.2. The summed E-state index contributed by atoms with van der Waals surface area (Å²) in [6.07, 6.45) is 0.285. The Bertz CT molecular complexity index is 1600. The molecule has 4 aliphatic heterocycles. The van der Waals surface area contributed by atoms with Gasteiger partial charge in [0.2, 0.25) is 5.91 Å². The molecule has 7 rings (SSSR count). The first-order valence-corrected chi connectivity index (χ1v) is 16.8. The molecule has 3 aromatic carbocycles. The number of ether oxygens (including phenoxy) is 5. The largest absolute Gasteiger partial charge is 0.445 e. The molecule has 3 amide bonds. The van der Waals surface area contributed by atoms with Gasteiger partial charge in [0.05, 0.1) is 44.1 Å². The molecule has 4 heterocycles. The Morgan fingerprint density at radius 2 is 1.57 bits per heavy atom. The number of nitrogens with one attached hydrogen (secondary N) is 1. The number of imide groups is 1. The highest BCUT2D eigenvalue weighted by Crippen LogP contribution is 2.40.